The molecule has 2 aromatic carbocycles. The zero-order chi connectivity index (χ0) is 20.3. The van der Waals surface area contributed by atoms with E-state index in [2.05, 4.69) is 0 Å². The minimum atomic E-state index is -0.767. The second kappa shape index (κ2) is 8.57. The normalized spacial score (nSPS) is 18.7. The third-order valence-electron chi connectivity index (χ3n) is 4.83. The number of hydrogen-bond donors (Lipinski definition) is 1. The van der Waals surface area contributed by atoms with Crippen LogP contribution in [0.2, 0.25) is 5.02 Å². The van der Waals surface area contributed by atoms with Gasteiger partial charge in [0.2, 0.25) is 0 Å². The highest BCUT2D eigenvalue weighted by atomic mass is 35.5. The summed E-state index contributed by atoms with van der Waals surface area (Å²) in [5.41, 5.74) is 0.919. The Morgan fingerprint density at radius 2 is 1.86 bits per heavy atom. The van der Waals surface area contributed by atoms with Crippen LogP contribution in [-0.4, -0.2) is 28.2 Å². The van der Waals surface area contributed by atoms with Crippen LogP contribution in [0.15, 0.2) is 54.1 Å². The zero-order valence-corrected chi connectivity index (χ0v) is 16.2. The number of carbonyl (C=O) groups is 2. The van der Waals surface area contributed by atoms with Crippen LogP contribution >= 0.6 is 11.6 Å². The van der Waals surface area contributed by atoms with Crippen LogP contribution in [0.5, 0.6) is 0 Å². The Labute approximate surface area is 168 Å². The van der Waals surface area contributed by atoms with Gasteiger partial charge in [-0.1, -0.05) is 55.6 Å². The first-order chi connectivity index (χ1) is 13.4. The molecule has 1 amide bonds. The summed E-state index contributed by atoms with van der Waals surface area (Å²) < 4.78 is 13.4. The number of ketones is 1. The minimum absolute atomic E-state index is 0.00428. The number of aliphatic hydroxyl groups is 1. The molecule has 4 nitrogen and oxygen atoms in total. The Hall–Kier alpha value is -2.66. The third-order valence-corrected chi connectivity index (χ3v) is 5.06. The summed E-state index contributed by atoms with van der Waals surface area (Å²) in [4.78, 5) is 26.9. The number of amides is 1. The number of benzene rings is 2. The number of hydrogen-bond acceptors (Lipinski definition) is 3. The van der Waals surface area contributed by atoms with Gasteiger partial charge in [-0.25, -0.2) is 4.39 Å². The lowest BCUT2D eigenvalue weighted by molar-refractivity contribution is -0.139. The fourth-order valence-electron chi connectivity index (χ4n) is 3.43. The van der Waals surface area contributed by atoms with Crippen LogP contribution in [0.25, 0.3) is 5.76 Å². The highest BCUT2D eigenvalue weighted by Gasteiger charge is 2.45. The minimum Gasteiger partial charge on any atom is -0.507 e. The summed E-state index contributed by atoms with van der Waals surface area (Å²) in [5, 5.41) is 11.3. The number of Topliss-reactive ketones (excluding diaryl/α,β-unsaturated/α-hetero) is 1. The van der Waals surface area contributed by atoms with Crippen LogP contribution in [0.4, 0.5) is 4.39 Å². The van der Waals surface area contributed by atoms with Crippen LogP contribution in [0.3, 0.4) is 0 Å². The molecule has 0 saturated carbocycles. The van der Waals surface area contributed by atoms with E-state index in [9.17, 15) is 19.1 Å². The molecule has 1 saturated heterocycles. The van der Waals surface area contributed by atoms with Gasteiger partial charge in [0.15, 0.2) is 0 Å². The largest absolute Gasteiger partial charge is 0.507 e. The van der Waals surface area contributed by atoms with E-state index in [1.54, 1.807) is 18.2 Å². The molecule has 0 aromatic heterocycles. The quantitative estimate of drug-likeness (QED) is 0.317. The Bertz CT molecular complexity index is 924. The van der Waals surface area contributed by atoms with Gasteiger partial charge in [0.25, 0.3) is 11.7 Å². The predicted octanol–water partition coefficient (Wildman–Crippen LogP) is 5.09. The number of aliphatic hydroxyl groups excluding tert-OH is 1. The molecule has 1 aliphatic rings. The van der Waals surface area contributed by atoms with Crippen molar-refractivity contribution in [3.63, 3.8) is 0 Å². The molecule has 1 unspecified atom stereocenters. The Kier molecular flexibility index (Phi) is 6.15. The molecule has 0 bridgehead atoms. The van der Waals surface area contributed by atoms with Crippen LogP contribution < -0.4 is 0 Å². The first-order valence-electron chi connectivity index (χ1n) is 9.24. The highest BCUT2D eigenvalue weighted by molar-refractivity contribution is 6.46. The number of carbonyl (C=O) groups excluding carboxylic acids is 2. The first kappa shape index (κ1) is 20.1. The number of unbranched alkanes of at least 4 members (excludes halogenated alkanes) is 2. The van der Waals surface area contributed by atoms with Crippen molar-refractivity contribution in [3.05, 3.63) is 76.1 Å². The topological polar surface area (TPSA) is 57.6 Å². The van der Waals surface area contributed by atoms with Gasteiger partial charge in [-0.15, -0.1) is 0 Å². The molecule has 3 rings (SSSR count). The molecule has 1 fully saturated rings. The molecule has 28 heavy (non-hydrogen) atoms. The molecular formula is C22H21ClFNO3. The van der Waals surface area contributed by atoms with E-state index in [-0.39, 0.29) is 11.3 Å². The van der Waals surface area contributed by atoms with Gasteiger partial charge in [0, 0.05) is 17.1 Å². The van der Waals surface area contributed by atoms with Crippen molar-refractivity contribution < 1.29 is 19.1 Å². The van der Waals surface area contributed by atoms with Crippen molar-refractivity contribution in [2.24, 2.45) is 0 Å². The molecule has 1 N–H and O–H groups in total. The summed E-state index contributed by atoms with van der Waals surface area (Å²) in [6, 6.07) is 11.3. The molecule has 6 heteroatoms. The second-order valence-electron chi connectivity index (χ2n) is 6.76. The van der Waals surface area contributed by atoms with E-state index >= 15 is 0 Å². The lowest BCUT2D eigenvalue weighted by atomic mass is 9.95. The Morgan fingerprint density at radius 3 is 2.50 bits per heavy atom. The molecule has 0 radical (unpaired) electrons. The van der Waals surface area contributed by atoms with Crippen molar-refractivity contribution in [2.45, 2.75) is 32.2 Å². The van der Waals surface area contributed by atoms with Crippen molar-refractivity contribution in [2.75, 3.05) is 6.54 Å². The number of rotatable bonds is 6. The van der Waals surface area contributed by atoms with Gasteiger partial charge in [-0.2, -0.15) is 0 Å². The van der Waals surface area contributed by atoms with E-state index in [4.69, 9.17) is 11.6 Å². The van der Waals surface area contributed by atoms with E-state index in [0.717, 1.165) is 19.3 Å². The van der Waals surface area contributed by atoms with Crippen molar-refractivity contribution in [1.29, 1.82) is 0 Å². The molecule has 1 heterocycles. The van der Waals surface area contributed by atoms with Gasteiger partial charge in [-0.3, -0.25) is 9.59 Å². The molecule has 1 aliphatic heterocycles. The van der Waals surface area contributed by atoms with Gasteiger partial charge in [-0.05, 0) is 36.2 Å². The number of halogens is 2. The molecule has 2 aromatic rings. The maximum atomic E-state index is 13.4. The fraction of sp³-hybridized carbons (Fsp3) is 0.273. The SMILES string of the molecule is CCCCCN1C(=O)C(=O)/C(=C(\O)c2cccc(Cl)c2)C1c1ccc(F)cc1. The second-order valence-corrected chi connectivity index (χ2v) is 7.20. The summed E-state index contributed by atoms with van der Waals surface area (Å²) in [7, 11) is 0. The van der Waals surface area contributed by atoms with Crippen molar-refractivity contribution in [3.8, 4) is 0 Å². The van der Waals surface area contributed by atoms with Gasteiger partial charge < -0.3 is 10.0 Å². The fourth-order valence-corrected chi connectivity index (χ4v) is 3.62. The maximum Gasteiger partial charge on any atom is 0.295 e. The average molecular weight is 402 g/mol. The standard InChI is InChI=1S/C22H21ClFNO3/c1-2-3-4-12-25-19(14-8-10-17(24)11-9-14)18(21(27)22(25)28)20(26)15-6-5-7-16(23)13-15/h5-11,13,19,26H,2-4,12H2,1H3/b20-18-. The molecule has 0 aliphatic carbocycles. The molecule has 0 spiro atoms. The highest BCUT2D eigenvalue weighted by Crippen LogP contribution is 2.39. The van der Waals surface area contributed by atoms with Crippen molar-refractivity contribution >= 4 is 29.1 Å². The lowest BCUT2D eigenvalue weighted by Crippen LogP contribution is -2.30. The smallest absolute Gasteiger partial charge is 0.295 e. The molecule has 1 atom stereocenters. The monoisotopic (exact) mass is 401 g/mol. The van der Waals surface area contributed by atoms with E-state index in [1.165, 1.54) is 35.2 Å². The van der Waals surface area contributed by atoms with Gasteiger partial charge >= 0.3 is 0 Å². The zero-order valence-electron chi connectivity index (χ0n) is 15.5. The molecule has 146 valence electrons. The summed E-state index contributed by atoms with van der Waals surface area (Å²) in [6.07, 6.45) is 2.61. The summed E-state index contributed by atoms with van der Waals surface area (Å²) in [6.45, 7) is 2.43. The Balaban J connectivity index is 2.12. The van der Waals surface area contributed by atoms with E-state index in [1.807, 2.05) is 6.92 Å². The number of nitrogens with zero attached hydrogens (tertiary/aromatic N) is 1. The summed E-state index contributed by atoms with van der Waals surface area (Å²) >= 11 is 6.01. The van der Waals surface area contributed by atoms with E-state index < -0.39 is 23.5 Å². The van der Waals surface area contributed by atoms with Crippen molar-refractivity contribution in [1.82, 2.24) is 4.90 Å². The van der Waals surface area contributed by atoms with Gasteiger partial charge in [0.1, 0.15) is 11.6 Å². The van der Waals surface area contributed by atoms with Crippen LogP contribution in [0, 0.1) is 5.82 Å². The number of likely N-dealkylation sites (tertiary alicyclic amines) is 1. The Morgan fingerprint density at radius 1 is 1.14 bits per heavy atom. The van der Waals surface area contributed by atoms with Crippen LogP contribution in [-0.2, 0) is 9.59 Å². The third kappa shape index (κ3) is 3.94. The van der Waals surface area contributed by atoms with E-state index in [0.29, 0.717) is 22.7 Å². The first-order valence-corrected chi connectivity index (χ1v) is 9.61. The van der Waals surface area contributed by atoms with Gasteiger partial charge in [0.05, 0.1) is 11.6 Å². The lowest BCUT2D eigenvalue weighted by Gasteiger charge is -2.25. The van der Waals surface area contributed by atoms with Crippen LogP contribution in [0.1, 0.15) is 43.4 Å². The average Bonchev–Trinajstić information content (AvgIpc) is 2.93. The maximum absolute atomic E-state index is 13.4. The summed E-state index contributed by atoms with van der Waals surface area (Å²) in [5.74, 6) is -2.10. The molecular weight excluding hydrogens is 381 g/mol. The predicted molar refractivity (Wildman–Crippen MR) is 106 cm³/mol.